The Bertz CT molecular complexity index is 659. The zero-order valence-corrected chi connectivity index (χ0v) is 11.4. The Morgan fingerprint density at radius 1 is 1.29 bits per heavy atom. The van der Waals surface area contributed by atoms with Crippen molar-refractivity contribution in [3.63, 3.8) is 0 Å². The molecule has 0 aliphatic rings. The van der Waals surface area contributed by atoms with Crippen LogP contribution >= 0.6 is 11.5 Å². The van der Waals surface area contributed by atoms with Crippen LogP contribution in [0, 0.1) is 0 Å². The first-order valence-electron chi connectivity index (χ1n) is 5.79. The van der Waals surface area contributed by atoms with E-state index >= 15 is 0 Å². The van der Waals surface area contributed by atoms with Gasteiger partial charge in [0, 0.05) is 11.8 Å². The van der Waals surface area contributed by atoms with Crippen molar-refractivity contribution in [2.75, 3.05) is 0 Å². The summed E-state index contributed by atoms with van der Waals surface area (Å²) in [6.07, 6.45) is -0.0491. The summed E-state index contributed by atoms with van der Waals surface area (Å²) in [7, 11) is 0. The van der Waals surface area contributed by atoms with Crippen LogP contribution in [-0.2, 0) is 11.2 Å². The first-order chi connectivity index (χ1) is 9.97. The number of aromatic hydroxyl groups is 2. The molecule has 1 amide bonds. The van der Waals surface area contributed by atoms with Gasteiger partial charge in [-0.25, -0.2) is 4.79 Å². The predicted molar refractivity (Wildman–Crippen MR) is 72.3 cm³/mol. The lowest BCUT2D eigenvalue weighted by molar-refractivity contribution is -0.139. The van der Waals surface area contributed by atoms with Crippen molar-refractivity contribution in [3.05, 3.63) is 34.8 Å². The second kappa shape index (κ2) is 6.18. The van der Waals surface area contributed by atoms with Gasteiger partial charge in [-0.05, 0) is 29.2 Å². The van der Waals surface area contributed by atoms with Crippen molar-refractivity contribution in [2.24, 2.45) is 0 Å². The van der Waals surface area contributed by atoms with Crippen molar-refractivity contribution < 1.29 is 24.9 Å². The molecular formula is C12H11N3O5S. The molecule has 0 saturated carbocycles. The molecule has 1 atom stereocenters. The molecule has 1 unspecified atom stereocenters. The molecule has 0 radical (unpaired) electrons. The number of carbonyl (C=O) groups excluding carboxylic acids is 1. The minimum atomic E-state index is -1.22. The minimum Gasteiger partial charge on any atom is -0.504 e. The number of benzene rings is 1. The Labute approximate surface area is 122 Å². The van der Waals surface area contributed by atoms with Gasteiger partial charge in [0.05, 0.1) is 0 Å². The topological polar surface area (TPSA) is 133 Å². The zero-order valence-electron chi connectivity index (χ0n) is 10.6. The first kappa shape index (κ1) is 14.7. The fourth-order valence-electron chi connectivity index (χ4n) is 1.63. The first-order valence-corrected chi connectivity index (χ1v) is 6.62. The van der Waals surface area contributed by atoms with Crippen LogP contribution in [0.2, 0.25) is 0 Å². The summed E-state index contributed by atoms with van der Waals surface area (Å²) in [5, 5.41) is 35.0. The van der Waals surface area contributed by atoms with E-state index in [9.17, 15) is 19.8 Å². The number of carboxylic acids is 1. The van der Waals surface area contributed by atoms with Crippen molar-refractivity contribution in [1.29, 1.82) is 0 Å². The third kappa shape index (κ3) is 3.66. The normalized spacial score (nSPS) is 11.8. The van der Waals surface area contributed by atoms with Gasteiger partial charge in [-0.3, -0.25) is 4.79 Å². The van der Waals surface area contributed by atoms with Crippen molar-refractivity contribution in [2.45, 2.75) is 12.5 Å². The van der Waals surface area contributed by atoms with Gasteiger partial charge in [-0.15, -0.1) is 5.10 Å². The molecule has 0 aliphatic heterocycles. The number of rotatable bonds is 5. The average molecular weight is 309 g/mol. The number of carbonyl (C=O) groups is 2. The van der Waals surface area contributed by atoms with Gasteiger partial charge < -0.3 is 20.6 Å². The highest BCUT2D eigenvalue weighted by Crippen LogP contribution is 2.25. The van der Waals surface area contributed by atoms with Crippen LogP contribution in [0.4, 0.5) is 0 Å². The molecule has 1 aromatic carbocycles. The summed E-state index contributed by atoms with van der Waals surface area (Å²) in [6.45, 7) is 0. The molecule has 8 nitrogen and oxygen atoms in total. The number of nitrogens with zero attached hydrogens (tertiary/aromatic N) is 2. The highest BCUT2D eigenvalue weighted by molar-refractivity contribution is 7.03. The molecule has 9 heteroatoms. The van der Waals surface area contributed by atoms with Crippen LogP contribution in [0.25, 0.3) is 0 Å². The van der Waals surface area contributed by atoms with Gasteiger partial charge in [0.1, 0.15) is 6.04 Å². The Morgan fingerprint density at radius 2 is 2.05 bits per heavy atom. The van der Waals surface area contributed by atoms with Crippen molar-refractivity contribution in [3.8, 4) is 11.5 Å². The SMILES string of the molecule is O=C(NC(Cc1ccc(O)c(O)c1)C(=O)O)c1csnn1. The van der Waals surface area contributed by atoms with Crippen LogP contribution in [0.3, 0.4) is 0 Å². The summed E-state index contributed by atoms with van der Waals surface area (Å²) in [4.78, 5) is 23.0. The number of aromatic nitrogens is 2. The van der Waals surface area contributed by atoms with Crippen LogP contribution in [0.5, 0.6) is 11.5 Å². The third-order valence-corrected chi connectivity index (χ3v) is 3.18. The smallest absolute Gasteiger partial charge is 0.326 e. The highest BCUT2D eigenvalue weighted by Gasteiger charge is 2.22. The van der Waals surface area contributed by atoms with E-state index in [0.29, 0.717) is 5.56 Å². The van der Waals surface area contributed by atoms with E-state index in [4.69, 9.17) is 5.11 Å². The van der Waals surface area contributed by atoms with Gasteiger partial charge >= 0.3 is 5.97 Å². The van der Waals surface area contributed by atoms with Crippen LogP contribution in [0.15, 0.2) is 23.6 Å². The molecule has 0 aliphatic carbocycles. The number of hydrogen-bond acceptors (Lipinski definition) is 7. The number of hydrogen-bond donors (Lipinski definition) is 4. The summed E-state index contributed by atoms with van der Waals surface area (Å²) in [5.74, 6) is -2.52. The maximum atomic E-state index is 11.8. The fraction of sp³-hybridized carbons (Fsp3) is 0.167. The number of phenolic OH excluding ortho intramolecular Hbond substituents is 2. The second-order valence-corrected chi connectivity index (χ2v) is 4.79. The molecule has 0 bridgehead atoms. The Morgan fingerprint density at radius 3 is 2.62 bits per heavy atom. The maximum absolute atomic E-state index is 11.8. The molecule has 0 saturated heterocycles. The quantitative estimate of drug-likeness (QED) is 0.587. The molecule has 2 aromatic rings. The summed E-state index contributed by atoms with van der Waals surface area (Å²) < 4.78 is 3.52. The van der Waals surface area contributed by atoms with E-state index in [1.54, 1.807) is 0 Å². The van der Waals surface area contributed by atoms with E-state index in [1.807, 2.05) is 0 Å². The minimum absolute atomic E-state index is 0.0415. The molecule has 2 rings (SSSR count). The maximum Gasteiger partial charge on any atom is 0.326 e. The second-order valence-electron chi connectivity index (χ2n) is 4.18. The molecule has 0 spiro atoms. The molecule has 0 fully saturated rings. The fourth-order valence-corrected chi connectivity index (χ4v) is 2.06. The molecule has 21 heavy (non-hydrogen) atoms. The molecule has 110 valence electrons. The van der Waals surface area contributed by atoms with E-state index < -0.39 is 17.9 Å². The lowest BCUT2D eigenvalue weighted by Gasteiger charge is -2.14. The lowest BCUT2D eigenvalue weighted by Crippen LogP contribution is -2.42. The van der Waals surface area contributed by atoms with Crippen LogP contribution in [0.1, 0.15) is 16.1 Å². The predicted octanol–water partition coefficient (Wildman–Crippen LogP) is 0.375. The Kier molecular flexibility index (Phi) is 4.33. The van der Waals surface area contributed by atoms with Gasteiger partial charge in [-0.2, -0.15) is 0 Å². The van der Waals surface area contributed by atoms with E-state index in [2.05, 4.69) is 14.9 Å². The molecular weight excluding hydrogens is 298 g/mol. The van der Waals surface area contributed by atoms with Crippen LogP contribution in [-0.4, -0.2) is 42.8 Å². The van der Waals surface area contributed by atoms with Gasteiger partial charge in [0.15, 0.2) is 17.2 Å². The summed E-state index contributed by atoms with van der Waals surface area (Å²) in [6, 6.07) is 2.75. The number of nitrogens with one attached hydrogen (secondary N) is 1. The van der Waals surface area contributed by atoms with Crippen LogP contribution < -0.4 is 5.32 Å². The summed E-state index contributed by atoms with van der Waals surface area (Å²) in [5.41, 5.74) is 0.495. The third-order valence-electron chi connectivity index (χ3n) is 2.68. The largest absolute Gasteiger partial charge is 0.504 e. The summed E-state index contributed by atoms with van der Waals surface area (Å²) >= 11 is 0.981. The van der Waals surface area contributed by atoms with Gasteiger partial charge in [0.2, 0.25) is 0 Å². The van der Waals surface area contributed by atoms with Gasteiger partial charge in [0.25, 0.3) is 5.91 Å². The Hall–Kier alpha value is -2.68. The van der Waals surface area contributed by atoms with E-state index in [-0.39, 0.29) is 23.6 Å². The number of carboxylic acid groups (broad SMARTS) is 1. The number of amides is 1. The molecule has 1 heterocycles. The monoisotopic (exact) mass is 309 g/mol. The molecule has 4 N–H and O–H groups in total. The standard InChI is InChI=1S/C12H11N3O5S/c16-9-2-1-6(4-10(9)17)3-7(12(19)20)13-11(18)8-5-21-15-14-8/h1-2,4-5,7,16-17H,3H2,(H,13,18)(H,19,20). The average Bonchev–Trinajstić information content (AvgIpc) is 2.96. The number of phenols is 2. The zero-order chi connectivity index (χ0) is 15.4. The number of aliphatic carboxylic acids is 1. The van der Waals surface area contributed by atoms with E-state index in [0.717, 1.165) is 11.5 Å². The highest BCUT2D eigenvalue weighted by atomic mass is 32.1. The molecule has 1 aromatic heterocycles. The van der Waals surface area contributed by atoms with Crippen molar-refractivity contribution >= 4 is 23.4 Å². The lowest BCUT2D eigenvalue weighted by atomic mass is 10.1. The van der Waals surface area contributed by atoms with Crippen molar-refractivity contribution in [1.82, 2.24) is 14.9 Å². The van der Waals surface area contributed by atoms with Gasteiger partial charge in [-0.1, -0.05) is 10.6 Å². The van der Waals surface area contributed by atoms with E-state index in [1.165, 1.54) is 23.6 Å². The Balaban J connectivity index is 2.10.